The lowest BCUT2D eigenvalue weighted by Crippen LogP contribution is -2.30. The molecule has 0 N–H and O–H groups in total. The van der Waals surface area contributed by atoms with Gasteiger partial charge in [-0.05, 0) is 48.2 Å². The van der Waals surface area contributed by atoms with Crippen LogP contribution in [0.2, 0.25) is 0 Å². The van der Waals surface area contributed by atoms with Gasteiger partial charge in [-0.2, -0.15) is 4.57 Å². The lowest BCUT2D eigenvalue weighted by atomic mass is 10.0. The highest BCUT2D eigenvalue weighted by molar-refractivity contribution is 5.62. The van der Waals surface area contributed by atoms with Crippen molar-refractivity contribution in [3.05, 3.63) is 90.4 Å². The molecule has 0 unspecified atom stereocenters. The van der Waals surface area contributed by atoms with Gasteiger partial charge in [0.2, 0.25) is 0 Å². The van der Waals surface area contributed by atoms with Crippen LogP contribution in [0, 0.1) is 6.92 Å². The van der Waals surface area contributed by atoms with E-state index in [1.165, 1.54) is 28.3 Å². The van der Waals surface area contributed by atoms with Crippen LogP contribution in [0.4, 0.5) is 0 Å². The summed E-state index contributed by atoms with van der Waals surface area (Å²) in [6.45, 7) is 6.69. The summed E-state index contributed by atoms with van der Waals surface area (Å²) in [5.74, 6) is 1.63. The molecule has 0 saturated carbocycles. The maximum atomic E-state index is 2.33. The highest BCUT2D eigenvalue weighted by Gasteiger charge is 2.25. The van der Waals surface area contributed by atoms with Gasteiger partial charge in [0.1, 0.15) is 23.8 Å². The van der Waals surface area contributed by atoms with E-state index in [9.17, 15) is 0 Å². The zero-order valence-electron chi connectivity index (χ0n) is 16.4. The average molecular weight is 356 g/mol. The van der Waals surface area contributed by atoms with Gasteiger partial charge in [0, 0.05) is 11.9 Å². The summed E-state index contributed by atoms with van der Waals surface area (Å²) < 4.78 is 6.79. The van der Waals surface area contributed by atoms with Crippen molar-refractivity contribution in [3.8, 4) is 22.9 Å². The Hall–Kier alpha value is -3.07. The van der Waals surface area contributed by atoms with Crippen molar-refractivity contribution >= 4 is 0 Å². The van der Waals surface area contributed by atoms with Crippen LogP contribution in [0.15, 0.2) is 79.3 Å². The van der Waals surface area contributed by atoms with Gasteiger partial charge >= 0.3 is 5.82 Å². The van der Waals surface area contributed by atoms with E-state index in [1.807, 2.05) is 0 Å². The fourth-order valence-corrected chi connectivity index (χ4v) is 3.77. The SMILES string of the molecule is Cc1ccn(-c2ccccc2C(C)C)c1-c1n(-c2ccccc2)cc[n+]1C. The first-order valence-corrected chi connectivity index (χ1v) is 9.48. The summed E-state index contributed by atoms with van der Waals surface area (Å²) in [5.41, 5.74) is 6.25. The van der Waals surface area contributed by atoms with Crippen LogP contribution < -0.4 is 4.57 Å². The number of aromatic nitrogens is 3. The van der Waals surface area contributed by atoms with Crippen LogP contribution in [-0.2, 0) is 7.05 Å². The summed E-state index contributed by atoms with van der Waals surface area (Å²) in [4.78, 5) is 0. The monoisotopic (exact) mass is 356 g/mol. The third-order valence-corrected chi connectivity index (χ3v) is 5.15. The number of rotatable bonds is 4. The fraction of sp³-hybridized carbons (Fsp3) is 0.208. The minimum absolute atomic E-state index is 0.464. The van der Waals surface area contributed by atoms with Crippen molar-refractivity contribution in [1.82, 2.24) is 9.13 Å². The van der Waals surface area contributed by atoms with Gasteiger partial charge in [0.15, 0.2) is 0 Å². The Morgan fingerprint density at radius 3 is 2.26 bits per heavy atom. The van der Waals surface area contributed by atoms with E-state index in [2.05, 4.69) is 121 Å². The second-order valence-corrected chi connectivity index (χ2v) is 7.37. The van der Waals surface area contributed by atoms with Crippen LogP contribution in [0.1, 0.15) is 30.9 Å². The zero-order chi connectivity index (χ0) is 19.0. The Labute approximate surface area is 161 Å². The number of hydrogen-bond donors (Lipinski definition) is 0. The molecule has 0 bridgehead atoms. The molecule has 0 radical (unpaired) electrons. The lowest BCUT2D eigenvalue weighted by molar-refractivity contribution is -0.659. The quantitative estimate of drug-likeness (QED) is 0.447. The third kappa shape index (κ3) is 2.99. The van der Waals surface area contributed by atoms with E-state index < -0.39 is 0 Å². The van der Waals surface area contributed by atoms with Gasteiger partial charge in [-0.15, -0.1) is 0 Å². The minimum atomic E-state index is 0.464. The van der Waals surface area contributed by atoms with Crippen molar-refractivity contribution in [2.75, 3.05) is 0 Å². The maximum Gasteiger partial charge on any atom is 0.311 e. The first-order valence-electron chi connectivity index (χ1n) is 9.48. The topological polar surface area (TPSA) is 13.7 Å². The highest BCUT2D eigenvalue weighted by atomic mass is 15.2. The summed E-state index contributed by atoms with van der Waals surface area (Å²) in [6, 6.07) is 21.4. The molecule has 0 saturated heterocycles. The molecule has 0 spiro atoms. The van der Waals surface area contributed by atoms with Gasteiger partial charge in [-0.1, -0.05) is 50.2 Å². The number of imidazole rings is 1. The standard InChI is InChI=1S/C24H26N3/c1-18(2)21-12-8-9-13-22(21)27-15-14-19(3)23(27)24-25(4)16-17-26(24)20-10-6-5-7-11-20/h5-18H,1-4H3/q+1. The molecule has 2 heterocycles. The molecule has 27 heavy (non-hydrogen) atoms. The highest BCUT2D eigenvalue weighted by Crippen LogP contribution is 2.31. The van der Waals surface area contributed by atoms with E-state index in [0.717, 1.165) is 5.69 Å². The smallest absolute Gasteiger partial charge is 0.310 e. The van der Waals surface area contributed by atoms with Crippen LogP contribution in [0.25, 0.3) is 22.9 Å². The van der Waals surface area contributed by atoms with Gasteiger partial charge in [-0.3, -0.25) is 0 Å². The molecule has 0 aliphatic heterocycles. The second-order valence-electron chi connectivity index (χ2n) is 7.37. The van der Waals surface area contributed by atoms with E-state index in [4.69, 9.17) is 0 Å². The molecule has 0 aliphatic carbocycles. The summed E-state index contributed by atoms with van der Waals surface area (Å²) in [7, 11) is 2.11. The van der Waals surface area contributed by atoms with E-state index >= 15 is 0 Å². The Kier molecular flexibility index (Phi) is 4.44. The van der Waals surface area contributed by atoms with Crippen LogP contribution in [-0.4, -0.2) is 9.13 Å². The van der Waals surface area contributed by atoms with Crippen LogP contribution >= 0.6 is 0 Å². The van der Waals surface area contributed by atoms with Gasteiger partial charge < -0.3 is 4.57 Å². The first kappa shape index (κ1) is 17.3. The normalized spacial score (nSPS) is 11.3. The molecule has 136 valence electrons. The zero-order valence-corrected chi connectivity index (χ0v) is 16.4. The first-order chi connectivity index (χ1) is 13.1. The largest absolute Gasteiger partial charge is 0.311 e. The summed E-state index contributed by atoms with van der Waals surface area (Å²) in [5, 5.41) is 0. The molecule has 2 aromatic carbocycles. The van der Waals surface area contributed by atoms with Crippen molar-refractivity contribution in [3.63, 3.8) is 0 Å². The van der Waals surface area contributed by atoms with Crippen LogP contribution in [0.3, 0.4) is 0 Å². The molecule has 3 heteroatoms. The number of benzene rings is 2. The Balaban J connectivity index is 1.97. The molecule has 4 aromatic rings. The molecular weight excluding hydrogens is 330 g/mol. The maximum absolute atomic E-state index is 2.33. The van der Waals surface area contributed by atoms with Crippen molar-refractivity contribution in [2.45, 2.75) is 26.7 Å². The second kappa shape index (κ2) is 6.92. The summed E-state index contributed by atoms with van der Waals surface area (Å²) in [6.07, 6.45) is 6.44. The lowest BCUT2D eigenvalue weighted by Gasteiger charge is -2.16. The Morgan fingerprint density at radius 2 is 1.52 bits per heavy atom. The number of nitrogens with zero attached hydrogens (tertiary/aromatic N) is 3. The molecule has 0 aliphatic rings. The number of para-hydroxylation sites is 2. The predicted molar refractivity (Wildman–Crippen MR) is 111 cm³/mol. The number of aryl methyl sites for hydroxylation is 2. The molecular formula is C24H26N3+. The van der Waals surface area contributed by atoms with Gasteiger partial charge in [0.05, 0.1) is 7.05 Å². The molecule has 4 rings (SSSR count). The van der Waals surface area contributed by atoms with Crippen molar-refractivity contribution < 1.29 is 4.57 Å². The summed E-state index contributed by atoms with van der Waals surface area (Å²) >= 11 is 0. The Bertz CT molecular complexity index is 1070. The average Bonchev–Trinajstić information content (AvgIpc) is 3.24. The van der Waals surface area contributed by atoms with E-state index in [0.29, 0.717) is 5.92 Å². The number of hydrogen-bond acceptors (Lipinski definition) is 0. The van der Waals surface area contributed by atoms with E-state index in [-0.39, 0.29) is 0 Å². The Morgan fingerprint density at radius 1 is 0.815 bits per heavy atom. The van der Waals surface area contributed by atoms with Crippen LogP contribution in [0.5, 0.6) is 0 Å². The fourth-order valence-electron chi connectivity index (χ4n) is 3.77. The predicted octanol–water partition coefficient (Wildman–Crippen LogP) is 5.19. The molecule has 3 nitrogen and oxygen atoms in total. The van der Waals surface area contributed by atoms with Crippen molar-refractivity contribution in [1.29, 1.82) is 0 Å². The molecule has 0 atom stereocenters. The van der Waals surface area contributed by atoms with Crippen molar-refractivity contribution in [2.24, 2.45) is 7.05 Å². The van der Waals surface area contributed by atoms with Gasteiger partial charge in [0.25, 0.3) is 0 Å². The molecule has 2 aromatic heterocycles. The van der Waals surface area contributed by atoms with E-state index in [1.54, 1.807) is 0 Å². The minimum Gasteiger partial charge on any atom is -0.310 e. The third-order valence-electron chi connectivity index (χ3n) is 5.15. The molecule has 0 amide bonds. The van der Waals surface area contributed by atoms with Gasteiger partial charge in [-0.25, -0.2) is 4.57 Å². The molecule has 0 fully saturated rings.